The van der Waals surface area contributed by atoms with Crippen LogP contribution in [-0.4, -0.2) is 37.5 Å². The highest BCUT2D eigenvalue weighted by molar-refractivity contribution is 5.97. The van der Waals surface area contributed by atoms with Gasteiger partial charge in [0.05, 0.1) is 7.11 Å². The number of methoxy groups -OCH3 is 1. The van der Waals surface area contributed by atoms with Gasteiger partial charge in [-0.2, -0.15) is 0 Å². The van der Waals surface area contributed by atoms with Gasteiger partial charge in [0, 0.05) is 17.7 Å². The van der Waals surface area contributed by atoms with E-state index in [0.29, 0.717) is 36.9 Å². The molecule has 0 spiro atoms. The molecule has 0 unspecified atom stereocenters. The third-order valence-corrected chi connectivity index (χ3v) is 5.53. The lowest BCUT2D eigenvalue weighted by molar-refractivity contribution is -0.143. The van der Waals surface area contributed by atoms with E-state index in [1.807, 2.05) is 52.0 Å². The average molecular weight is 425 g/mol. The summed E-state index contributed by atoms with van der Waals surface area (Å²) in [4.78, 5) is 36.9. The van der Waals surface area contributed by atoms with Gasteiger partial charge in [0.2, 0.25) is 0 Å². The molecule has 2 amide bonds. The minimum absolute atomic E-state index is 0.115. The van der Waals surface area contributed by atoms with E-state index in [1.165, 1.54) is 7.11 Å². The van der Waals surface area contributed by atoms with Crippen molar-refractivity contribution in [3.63, 3.8) is 0 Å². The fraction of sp³-hybridized carbons (Fsp3) is 0.400. The molecule has 166 valence electrons. The number of hydrogen-bond acceptors (Lipinski definition) is 4. The number of nitrogens with one attached hydrogen (secondary N) is 2. The topological polar surface area (TPSA) is 84.5 Å². The molecule has 2 rings (SSSR count). The van der Waals surface area contributed by atoms with Gasteiger partial charge in [-0.05, 0) is 93.5 Å². The molecule has 0 aliphatic heterocycles. The van der Waals surface area contributed by atoms with Crippen LogP contribution in [0.15, 0.2) is 36.4 Å². The van der Waals surface area contributed by atoms with Gasteiger partial charge in [0.25, 0.3) is 11.8 Å². The van der Waals surface area contributed by atoms with Crippen molar-refractivity contribution >= 4 is 17.8 Å². The summed E-state index contributed by atoms with van der Waals surface area (Å²) < 4.78 is 4.84. The van der Waals surface area contributed by atoms with E-state index in [1.54, 1.807) is 12.1 Å². The van der Waals surface area contributed by atoms with E-state index in [0.717, 1.165) is 22.3 Å². The maximum Gasteiger partial charge on any atom is 0.328 e. The first-order valence-electron chi connectivity index (χ1n) is 10.5. The first kappa shape index (κ1) is 24.1. The highest BCUT2D eigenvalue weighted by Crippen LogP contribution is 2.12. The smallest absolute Gasteiger partial charge is 0.328 e. The summed E-state index contributed by atoms with van der Waals surface area (Å²) in [6.07, 6.45) is 1.77. The van der Waals surface area contributed by atoms with Crippen molar-refractivity contribution < 1.29 is 19.1 Å². The van der Waals surface area contributed by atoms with Crippen LogP contribution < -0.4 is 10.6 Å². The summed E-state index contributed by atoms with van der Waals surface area (Å²) in [6, 6.07) is 10.3. The van der Waals surface area contributed by atoms with E-state index in [4.69, 9.17) is 4.74 Å². The lowest BCUT2D eigenvalue weighted by atomic mass is 10.0. The molecule has 6 heteroatoms. The zero-order valence-corrected chi connectivity index (χ0v) is 19.0. The first-order chi connectivity index (χ1) is 14.7. The van der Waals surface area contributed by atoms with Crippen LogP contribution in [0.4, 0.5) is 0 Å². The molecule has 2 aromatic carbocycles. The molecule has 0 heterocycles. The van der Waals surface area contributed by atoms with Gasteiger partial charge in [-0.15, -0.1) is 0 Å². The number of aryl methyl sites for hydroxylation is 4. The highest BCUT2D eigenvalue weighted by atomic mass is 16.5. The van der Waals surface area contributed by atoms with Crippen LogP contribution in [0.3, 0.4) is 0 Å². The summed E-state index contributed by atoms with van der Waals surface area (Å²) in [6.45, 7) is 8.40. The Morgan fingerprint density at radius 2 is 1.35 bits per heavy atom. The Labute approximate surface area is 184 Å². The Hall–Kier alpha value is -3.15. The molecule has 0 saturated carbocycles. The van der Waals surface area contributed by atoms with Gasteiger partial charge < -0.3 is 15.4 Å². The zero-order valence-electron chi connectivity index (χ0n) is 19.0. The predicted molar refractivity (Wildman–Crippen MR) is 121 cm³/mol. The van der Waals surface area contributed by atoms with Crippen LogP contribution in [0.5, 0.6) is 0 Å². The molecule has 6 nitrogen and oxygen atoms in total. The molecule has 0 aliphatic rings. The van der Waals surface area contributed by atoms with E-state index in [-0.39, 0.29) is 11.8 Å². The third kappa shape index (κ3) is 6.95. The molecule has 2 aromatic rings. The normalized spacial score (nSPS) is 11.5. The van der Waals surface area contributed by atoms with Crippen LogP contribution in [0, 0.1) is 27.7 Å². The van der Waals surface area contributed by atoms with Crippen molar-refractivity contribution in [2.75, 3.05) is 13.7 Å². The molecular weight excluding hydrogens is 392 g/mol. The molecule has 31 heavy (non-hydrogen) atoms. The number of benzene rings is 2. The second-order valence-corrected chi connectivity index (χ2v) is 7.90. The Balaban J connectivity index is 1.84. The van der Waals surface area contributed by atoms with E-state index < -0.39 is 12.0 Å². The molecule has 0 saturated heterocycles. The lowest BCUT2D eigenvalue weighted by Crippen LogP contribution is -2.41. The Morgan fingerprint density at radius 3 is 1.87 bits per heavy atom. The summed E-state index contributed by atoms with van der Waals surface area (Å²) in [7, 11) is 1.31. The van der Waals surface area contributed by atoms with Crippen LogP contribution >= 0.6 is 0 Å². The number of unbranched alkanes of at least 4 members (excludes halogenated alkanes) is 1. The molecule has 0 bridgehead atoms. The van der Waals surface area contributed by atoms with Crippen molar-refractivity contribution in [1.82, 2.24) is 10.6 Å². The summed E-state index contributed by atoms with van der Waals surface area (Å²) in [5, 5.41) is 5.67. The van der Waals surface area contributed by atoms with Crippen molar-refractivity contribution in [1.29, 1.82) is 0 Å². The van der Waals surface area contributed by atoms with Gasteiger partial charge in [0.15, 0.2) is 0 Å². The number of ether oxygens (including phenoxy) is 1. The standard InChI is InChI=1S/C25H32N2O4/c1-16-9-11-20(14-18(16)3)23(28)26-13-7-6-8-22(25(30)31-5)27-24(29)21-12-10-17(2)19(4)15-21/h9-12,14-15,22H,6-8,13H2,1-5H3,(H,26,28)(H,27,29)/t22-/m0/s1. The third-order valence-electron chi connectivity index (χ3n) is 5.53. The minimum Gasteiger partial charge on any atom is -0.467 e. The van der Waals surface area contributed by atoms with E-state index in [9.17, 15) is 14.4 Å². The number of esters is 1. The maximum atomic E-state index is 12.5. The van der Waals surface area contributed by atoms with Gasteiger partial charge in [0.1, 0.15) is 6.04 Å². The molecule has 0 aliphatic carbocycles. The molecular formula is C25H32N2O4. The Kier molecular flexibility index (Phi) is 8.79. The van der Waals surface area contributed by atoms with Crippen molar-refractivity contribution in [3.8, 4) is 0 Å². The number of carbonyl (C=O) groups is 3. The summed E-state index contributed by atoms with van der Waals surface area (Å²) in [5.41, 5.74) is 5.49. The molecule has 0 aromatic heterocycles. The zero-order chi connectivity index (χ0) is 23.0. The number of rotatable bonds is 9. The molecule has 0 radical (unpaired) electrons. The molecule has 1 atom stereocenters. The van der Waals surface area contributed by atoms with Crippen LogP contribution in [0.25, 0.3) is 0 Å². The second kappa shape index (κ2) is 11.3. The van der Waals surface area contributed by atoms with E-state index in [2.05, 4.69) is 10.6 Å². The fourth-order valence-corrected chi connectivity index (χ4v) is 3.18. The summed E-state index contributed by atoms with van der Waals surface area (Å²) in [5.74, 6) is -0.895. The van der Waals surface area contributed by atoms with Crippen LogP contribution in [-0.2, 0) is 9.53 Å². The van der Waals surface area contributed by atoms with Gasteiger partial charge in [-0.1, -0.05) is 12.1 Å². The quantitative estimate of drug-likeness (QED) is 0.474. The predicted octanol–water partition coefficient (Wildman–Crippen LogP) is 3.79. The van der Waals surface area contributed by atoms with Gasteiger partial charge >= 0.3 is 5.97 Å². The van der Waals surface area contributed by atoms with Crippen LogP contribution in [0.1, 0.15) is 62.2 Å². The SMILES string of the molecule is COC(=O)[C@H](CCCCNC(=O)c1ccc(C)c(C)c1)NC(=O)c1ccc(C)c(C)c1. The second-order valence-electron chi connectivity index (χ2n) is 7.90. The van der Waals surface area contributed by atoms with Crippen molar-refractivity contribution in [2.45, 2.75) is 53.0 Å². The lowest BCUT2D eigenvalue weighted by Gasteiger charge is -2.17. The van der Waals surface area contributed by atoms with Gasteiger partial charge in [-0.25, -0.2) is 4.79 Å². The monoisotopic (exact) mass is 424 g/mol. The largest absolute Gasteiger partial charge is 0.467 e. The van der Waals surface area contributed by atoms with Gasteiger partial charge in [-0.3, -0.25) is 9.59 Å². The van der Waals surface area contributed by atoms with Crippen molar-refractivity contribution in [2.24, 2.45) is 0 Å². The maximum absolute atomic E-state index is 12.5. The number of amides is 2. The Bertz CT molecular complexity index is 953. The summed E-state index contributed by atoms with van der Waals surface area (Å²) >= 11 is 0. The molecule has 0 fully saturated rings. The fourth-order valence-electron chi connectivity index (χ4n) is 3.18. The van der Waals surface area contributed by atoms with Crippen molar-refractivity contribution in [3.05, 3.63) is 69.8 Å². The highest BCUT2D eigenvalue weighted by Gasteiger charge is 2.22. The average Bonchev–Trinajstić information content (AvgIpc) is 2.75. The number of carbonyl (C=O) groups excluding carboxylic acids is 3. The first-order valence-corrected chi connectivity index (χ1v) is 10.5. The minimum atomic E-state index is -0.727. The number of hydrogen-bond donors (Lipinski definition) is 2. The van der Waals surface area contributed by atoms with Crippen LogP contribution in [0.2, 0.25) is 0 Å². The Morgan fingerprint density at radius 1 is 0.806 bits per heavy atom. The van der Waals surface area contributed by atoms with E-state index >= 15 is 0 Å². The molecule has 2 N–H and O–H groups in total.